The molecule has 2 N–H and O–H groups in total. The number of aliphatic hydroxyl groups excluding tert-OH is 1. The number of amidine groups is 1. The van der Waals surface area contributed by atoms with E-state index >= 15 is 0 Å². The van der Waals surface area contributed by atoms with Crippen LogP contribution in [0.5, 0.6) is 5.75 Å². The van der Waals surface area contributed by atoms with E-state index in [0.717, 1.165) is 16.7 Å². The maximum absolute atomic E-state index is 14.4. The zero-order valence-electron chi connectivity index (χ0n) is 23.8. The summed E-state index contributed by atoms with van der Waals surface area (Å²) in [7, 11) is 0. The molecule has 0 unspecified atom stereocenters. The predicted octanol–water partition coefficient (Wildman–Crippen LogP) is 5.76. The van der Waals surface area contributed by atoms with Gasteiger partial charge in [0.2, 0.25) is 5.91 Å². The molecule has 8 nitrogen and oxygen atoms in total. The lowest BCUT2D eigenvalue weighted by Crippen LogP contribution is -2.55. The van der Waals surface area contributed by atoms with E-state index in [1.165, 1.54) is 0 Å². The van der Waals surface area contributed by atoms with E-state index in [-0.39, 0.29) is 25.1 Å². The molecule has 3 aromatic rings. The fourth-order valence-corrected chi connectivity index (χ4v) is 5.55. The van der Waals surface area contributed by atoms with Crippen LogP contribution in [0, 0.1) is 0 Å². The fourth-order valence-electron chi connectivity index (χ4n) is 5.30. The average Bonchev–Trinajstić information content (AvgIpc) is 3.38. The van der Waals surface area contributed by atoms with Crippen molar-refractivity contribution in [3.05, 3.63) is 99.0 Å². The first-order valence-electron chi connectivity index (χ1n) is 13.9. The molecule has 0 aliphatic carbocycles. The number of amides is 3. The summed E-state index contributed by atoms with van der Waals surface area (Å²) >= 11 is 12.5. The largest absolute Gasteiger partial charge is 0.493 e. The van der Waals surface area contributed by atoms with Gasteiger partial charge < -0.3 is 20.1 Å². The maximum Gasteiger partial charge on any atom is 0.326 e. The number of carbonyl (C=O) groups excluding carboxylic acids is 2. The van der Waals surface area contributed by atoms with Gasteiger partial charge in [-0.3, -0.25) is 14.7 Å². The topological polar surface area (TPSA) is 94.5 Å². The van der Waals surface area contributed by atoms with Gasteiger partial charge >= 0.3 is 6.03 Å². The molecule has 2 aliphatic rings. The first-order valence-corrected chi connectivity index (χ1v) is 14.7. The van der Waals surface area contributed by atoms with Crippen molar-refractivity contribution in [3.8, 4) is 5.75 Å². The molecule has 1 fully saturated rings. The smallest absolute Gasteiger partial charge is 0.326 e. The third-order valence-electron chi connectivity index (χ3n) is 7.70. The molecule has 0 radical (unpaired) electrons. The molecule has 42 heavy (non-hydrogen) atoms. The highest BCUT2D eigenvalue weighted by Gasteiger charge is 2.45. The van der Waals surface area contributed by atoms with Crippen molar-refractivity contribution >= 4 is 41.0 Å². The molecular formula is C32H34Cl2N4O4. The number of ether oxygens (including phenoxy) is 1. The van der Waals surface area contributed by atoms with Crippen LogP contribution in [0.25, 0.3) is 0 Å². The third kappa shape index (κ3) is 5.98. The van der Waals surface area contributed by atoms with Crippen LogP contribution in [0.15, 0.2) is 71.7 Å². The molecule has 2 aliphatic heterocycles. The van der Waals surface area contributed by atoms with Gasteiger partial charge in [-0.15, -0.1) is 0 Å². The van der Waals surface area contributed by atoms with E-state index < -0.39 is 17.5 Å². The second kappa shape index (κ2) is 12.3. The number of aliphatic hydroxyl groups is 1. The highest BCUT2D eigenvalue weighted by molar-refractivity contribution is 6.30. The number of rotatable bonds is 7. The van der Waals surface area contributed by atoms with Gasteiger partial charge in [-0.25, -0.2) is 4.79 Å². The molecule has 5 rings (SSSR count). The van der Waals surface area contributed by atoms with Crippen LogP contribution in [0.4, 0.5) is 4.79 Å². The van der Waals surface area contributed by atoms with E-state index in [1.807, 2.05) is 75.4 Å². The molecule has 10 heteroatoms. The Bertz CT molecular complexity index is 1490. The van der Waals surface area contributed by atoms with Crippen LogP contribution < -0.4 is 10.1 Å². The quantitative estimate of drug-likeness (QED) is 0.356. The lowest BCUT2D eigenvalue weighted by molar-refractivity contribution is -0.123. The van der Waals surface area contributed by atoms with Crippen molar-refractivity contribution in [1.82, 2.24) is 15.1 Å². The number of halogens is 2. The average molecular weight is 610 g/mol. The summed E-state index contributed by atoms with van der Waals surface area (Å²) in [6, 6.07) is 19.2. The molecule has 220 valence electrons. The second-order valence-electron chi connectivity index (χ2n) is 11.1. The third-order valence-corrected chi connectivity index (χ3v) is 8.21. The van der Waals surface area contributed by atoms with E-state index in [0.29, 0.717) is 46.9 Å². The number of urea groups is 1. The number of aliphatic imine (C=N–C) groups is 1. The molecule has 0 spiro atoms. The van der Waals surface area contributed by atoms with Crippen LogP contribution in [0.2, 0.25) is 10.0 Å². The lowest BCUT2D eigenvalue weighted by atomic mass is 9.85. The zero-order valence-corrected chi connectivity index (χ0v) is 25.3. The van der Waals surface area contributed by atoms with Crippen molar-refractivity contribution < 1.29 is 19.4 Å². The number of hydrogen-bond donors (Lipinski definition) is 2. The van der Waals surface area contributed by atoms with Crippen molar-refractivity contribution in [2.75, 3.05) is 32.8 Å². The van der Waals surface area contributed by atoms with Gasteiger partial charge in [0.15, 0.2) is 0 Å². The fraction of sp³-hybridized carbons (Fsp3) is 0.344. The summed E-state index contributed by atoms with van der Waals surface area (Å²) in [5, 5.41) is 14.0. The molecule has 3 amide bonds. The number of piperazine rings is 1. The Kier molecular flexibility index (Phi) is 8.78. The van der Waals surface area contributed by atoms with Crippen molar-refractivity contribution in [2.24, 2.45) is 4.99 Å². The highest BCUT2D eigenvalue weighted by atomic mass is 35.5. The van der Waals surface area contributed by atoms with Crippen molar-refractivity contribution in [2.45, 2.75) is 38.3 Å². The summed E-state index contributed by atoms with van der Waals surface area (Å²) in [5.74, 6) is 0.772. The Hall–Kier alpha value is -3.59. The van der Waals surface area contributed by atoms with E-state index in [4.69, 9.17) is 32.9 Å². The summed E-state index contributed by atoms with van der Waals surface area (Å²) in [5.41, 5.74) is 2.74. The SMILES string of the molecule is CCOc1cc(C(C)(C)CO)ccc1C1=N[C@@H](c2ccc(Cl)cc2)[C@@H](c2ccc(Cl)cc2)N1C(=O)N1CCNC(=O)C1. The van der Waals surface area contributed by atoms with Gasteiger partial charge in [-0.05, 0) is 60.0 Å². The summed E-state index contributed by atoms with van der Waals surface area (Å²) in [6.07, 6.45) is 0. The number of nitrogens with one attached hydrogen (secondary N) is 1. The number of hydrogen-bond acceptors (Lipinski definition) is 5. The first kappa shape index (κ1) is 29.9. The normalized spacial score (nSPS) is 19.0. The van der Waals surface area contributed by atoms with Crippen LogP contribution in [0.1, 0.15) is 55.1 Å². The maximum atomic E-state index is 14.4. The standard InChI is InChI=1S/C32H34Cl2N4O4/c1-4-42-26-17-22(32(2,3)19-39)9-14-25(26)30-36-28(20-5-10-23(33)11-6-20)29(21-7-12-24(34)13-8-21)38(30)31(41)37-16-15-35-27(40)18-37/h5-14,17,28-29,39H,4,15-16,18-19H2,1-3H3,(H,35,40)/t28-,29+/m0/s1. The van der Waals surface area contributed by atoms with Crippen molar-refractivity contribution in [1.29, 1.82) is 0 Å². The van der Waals surface area contributed by atoms with E-state index in [9.17, 15) is 14.7 Å². The van der Waals surface area contributed by atoms with Crippen LogP contribution in [0.3, 0.4) is 0 Å². The lowest BCUT2D eigenvalue weighted by Gasteiger charge is -2.36. The highest BCUT2D eigenvalue weighted by Crippen LogP contribution is 2.46. The molecule has 0 saturated carbocycles. The Morgan fingerprint density at radius 2 is 1.69 bits per heavy atom. The molecule has 3 aromatic carbocycles. The summed E-state index contributed by atoms with van der Waals surface area (Å²) in [4.78, 5) is 35.2. The minimum atomic E-state index is -0.543. The number of benzene rings is 3. The van der Waals surface area contributed by atoms with Gasteiger partial charge in [-0.1, -0.05) is 67.4 Å². The van der Waals surface area contributed by atoms with Gasteiger partial charge in [0, 0.05) is 28.5 Å². The minimum Gasteiger partial charge on any atom is -0.493 e. The Morgan fingerprint density at radius 1 is 1.05 bits per heavy atom. The predicted molar refractivity (Wildman–Crippen MR) is 164 cm³/mol. The Morgan fingerprint density at radius 3 is 2.29 bits per heavy atom. The second-order valence-corrected chi connectivity index (χ2v) is 11.9. The molecular weight excluding hydrogens is 575 g/mol. The molecule has 2 atom stereocenters. The van der Waals surface area contributed by atoms with E-state index in [1.54, 1.807) is 21.9 Å². The molecule has 0 aromatic heterocycles. The first-order chi connectivity index (χ1) is 20.1. The summed E-state index contributed by atoms with van der Waals surface area (Å²) < 4.78 is 6.12. The molecule has 0 bridgehead atoms. The van der Waals surface area contributed by atoms with Crippen LogP contribution in [-0.2, 0) is 10.2 Å². The number of carbonyl (C=O) groups is 2. The zero-order chi connectivity index (χ0) is 30.0. The van der Waals surface area contributed by atoms with Crippen molar-refractivity contribution in [3.63, 3.8) is 0 Å². The van der Waals surface area contributed by atoms with E-state index in [2.05, 4.69) is 5.32 Å². The Labute approximate surface area is 255 Å². The van der Waals surface area contributed by atoms with Gasteiger partial charge in [0.05, 0.1) is 24.8 Å². The summed E-state index contributed by atoms with van der Waals surface area (Å²) in [6.45, 7) is 6.84. The van der Waals surface area contributed by atoms with Gasteiger partial charge in [-0.2, -0.15) is 0 Å². The molecule has 2 heterocycles. The minimum absolute atomic E-state index is 0.0439. The Balaban J connectivity index is 1.71. The van der Waals surface area contributed by atoms with Gasteiger partial charge in [0.25, 0.3) is 0 Å². The monoisotopic (exact) mass is 608 g/mol. The van der Waals surface area contributed by atoms with Crippen LogP contribution in [-0.4, -0.2) is 65.5 Å². The van der Waals surface area contributed by atoms with Gasteiger partial charge in [0.1, 0.15) is 24.2 Å². The molecule has 1 saturated heterocycles. The number of nitrogens with zero attached hydrogens (tertiary/aromatic N) is 3. The van der Waals surface area contributed by atoms with Crippen LogP contribution >= 0.6 is 23.2 Å².